The van der Waals surface area contributed by atoms with Gasteiger partial charge in [0.05, 0.1) is 4.90 Å². The molecule has 3 nitrogen and oxygen atoms in total. The second-order valence-corrected chi connectivity index (χ2v) is 7.27. The molecule has 0 aromatic heterocycles. The van der Waals surface area contributed by atoms with E-state index in [-0.39, 0.29) is 16.7 Å². The number of alkyl halides is 1. The third kappa shape index (κ3) is 2.19. The molecule has 1 aromatic carbocycles. The first-order chi connectivity index (χ1) is 8.86. The molecular formula is C14H17FO3S. The quantitative estimate of drug-likeness (QED) is 0.849. The molecule has 0 spiro atoms. The van der Waals surface area contributed by atoms with Gasteiger partial charge in [0, 0.05) is 0 Å². The van der Waals surface area contributed by atoms with Gasteiger partial charge in [-0.05, 0) is 55.6 Å². The number of aryl methyl sites for hydroxylation is 1. The van der Waals surface area contributed by atoms with Crippen molar-refractivity contribution in [2.24, 2.45) is 11.8 Å². The van der Waals surface area contributed by atoms with Gasteiger partial charge in [-0.2, -0.15) is 8.42 Å². The molecule has 0 unspecified atom stereocenters. The van der Waals surface area contributed by atoms with Crippen LogP contribution in [0, 0.1) is 18.8 Å². The number of halogens is 1. The van der Waals surface area contributed by atoms with Gasteiger partial charge < -0.3 is 0 Å². The van der Waals surface area contributed by atoms with Gasteiger partial charge in [0.15, 0.2) is 0 Å². The summed E-state index contributed by atoms with van der Waals surface area (Å²) in [5, 5.41) is 0. The van der Waals surface area contributed by atoms with Crippen LogP contribution in [-0.2, 0) is 10.1 Å². The lowest BCUT2D eigenvalue weighted by Gasteiger charge is -2.26. The highest BCUT2D eigenvalue weighted by molar-refractivity contribution is 7.85. The molecule has 104 valence electrons. The summed E-state index contributed by atoms with van der Waals surface area (Å²) in [4.78, 5) is -0.0529. The number of hydrogen-bond donors (Lipinski definition) is 1. The molecule has 2 bridgehead atoms. The summed E-state index contributed by atoms with van der Waals surface area (Å²) >= 11 is 0. The third-order valence-electron chi connectivity index (χ3n) is 4.58. The first-order valence-electron chi connectivity index (χ1n) is 6.58. The second kappa shape index (κ2) is 4.28. The zero-order valence-electron chi connectivity index (χ0n) is 10.7. The fraction of sp³-hybridized carbons (Fsp3) is 0.571. The molecule has 2 aliphatic carbocycles. The van der Waals surface area contributed by atoms with Gasteiger partial charge >= 0.3 is 0 Å². The maximum Gasteiger partial charge on any atom is 0.294 e. The highest BCUT2D eigenvalue weighted by Gasteiger charge is 2.48. The number of benzene rings is 1. The molecule has 0 heterocycles. The summed E-state index contributed by atoms with van der Waals surface area (Å²) in [6.45, 7) is 1.87. The van der Waals surface area contributed by atoms with Crippen molar-refractivity contribution in [2.45, 2.75) is 43.2 Å². The standard InChI is InChI=1S/C14H17FO3S/c1-8-2-3-14(19(16,17)18)12(4-8)10-5-9-6-11(10)13(15)7-9/h2-4,9-11,13H,5-7H2,1H3,(H,16,17,18)/t9-,10-,11+,13+/m1/s1. The van der Waals surface area contributed by atoms with Crippen molar-refractivity contribution in [3.8, 4) is 0 Å². The number of hydrogen-bond acceptors (Lipinski definition) is 2. The minimum Gasteiger partial charge on any atom is -0.282 e. The molecule has 1 N–H and O–H groups in total. The van der Waals surface area contributed by atoms with E-state index < -0.39 is 16.3 Å². The van der Waals surface area contributed by atoms with Crippen LogP contribution in [-0.4, -0.2) is 19.1 Å². The van der Waals surface area contributed by atoms with Crippen molar-refractivity contribution in [3.63, 3.8) is 0 Å². The summed E-state index contributed by atoms with van der Waals surface area (Å²) in [6, 6.07) is 4.87. The van der Waals surface area contributed by atoms with E-state index >= 15 is 0 Å². The molecule has 4 atom stereocenters. The molecular weight excluding hydrogens is 267 g/mol. The molecule has 0 amide bonds. The molecule has 5 heteroatoms. The Labute approximate surface area is 112 Å². The maximum absolute atomic E-state index is 13.9. The summed E-state index contributed by atoms with van der Waals surface area (Å²) in [6.07, 6.45) is 1.44. The van der Waals surface area contributed by atoms with E-state index in [4.69, 9.17) is 0 Å². The van der Waals surface area contributed by atoms with Gasteiger partial charge in [-0.1, -0.05) is 17.7 Å². The van der Waals surface area contributed by atoms with Crippen LogP contribution in [0.3, 0.4) is 0 Å². The Morgan fingerprint density at radius 1 is 1.26 bits per heavy atom. The van der Waals surface area contributed by atoms with Crippen LogP contribution < -0.4 is 0 Å². The fourth-order valence-electron chi connectivity index (χ4n) is 3.81. The van der Waals surface area contributed by atoms with Crippen molar-refractivity contribution >= 4 is 10.1 Å². The van der Waals surface area contributed by atoms with Gasteiger partial charge in [-0.15, -0.1) is 0 Å². The lowest BCUT2D eigenvalue weighted by atomic mass is 9.82. The third-order valence-corrected chi connectivity index (χ3v) is 5.50. The van der Waals surface area contributed by atoms with Crippen LogP contribution in [0.4, 0.5) is 4.39 Å². The Morgan fingerprint density at radius 3 is 2.58 bits per heavy atom. The Kier molecular flexibility index (Phi) is 2.94. The van der Waals surface area contributed by atoms with Crippen LogP contribution in [0.5, 0.6) is 0 Å². The molecule has 0 radical (unpaired) electrons. The summed E-state index contributed by atoms with van der Waals surface area (Å²) in [7, 11) is -4.24. The van der Waals surface area contributed by atoms with Crippen LogP contribution in [0.25, 0.3) is 0 Å². The predicted molar refractivity (Wildman–Crippen MR) is 69.5 cm³/mol. The Morgan fingerprint density at radius 2 is 2.00 bits per heavy atom. The monoisotopic (exact) mass is 284 g/mol. The van der Waals surface area contributed by atoms with E-state index in [0.717, 1.165) is 18.4 Å². The van der Waals surface area contributed by atoms with Gasteiger partial charge in [0.25, 0.3) is 10.1 Å². The van der Waals surface area contributed by atoms with E-state index in [9.17, 15) is 17.4 Å². The highest BCUT2D eigenvalue weighted by Crippen LogP contribution is 2.55. The first kappa shape index (κ1) is 13.1. The summed E-state index contributed by atoms with van der Waals surface area (Å²) in [5.41, 5.74) is 1.53. The lowest BCUT2D eigenvalue weighted by molar-refractivity contribution is 0.208. The molecule has 0 aliphatic heterocycles. The van der Waals surface area contributed by atoms with E-state index in [1.54, 1.807) is 12.1 Å². The van der Waals surface area contributed by atoms with Crippen LogP contribution in [0.1, 0.15) is 36.3 Å². The Bertz CT molecular complexity index is 611. The van der Waals surface area contributed by atoms with Crippen molar-refractivity contribution < 1.29 is 17.4 Å². The van der Waals surface area contributed by atoms with E-state index in [2.05, 4.69) is 0 Å². The molecule has 2 saturated carbocycles. The second-order valence-electron chi connectivity index (χ2n) is 5.88. The van der Waals surface area contributed by atoms with Crippen LogP contribution in [0.15, 0.2) is 23.1 Å². The summed E-state index contributed by atoms with van der Waals surface area (Å²) < 4.78 is 46.1. The summed E-state index contributed by atoms with van der Waals surface area (Å²) in [5.74, 6) is 0.192. The topological polar surface area (TPSA) is 54.4 Å². The van der Waals surface area contributed by atoms with Crippen LogP contribution >= 0.6 is 0 Å². The van der Waals surface area contributed by atoms with Crippen molar-refractivity contribution in [3.05, 3.63) is 29.3 Å². The van der Waals surface area contributed by atoms with Crippen molar-refractivity contribution in [2.75, 3.05) is 0 Å². The van der Waals surface area contributed by atoms with Crippen molar-refractivity contribution in [1.82, 2.24) is 0 Å². The van der Waals surface area contributed by atoms with E-state index in [1.165, 1.54) is 6.07 Å². The SMILES string of the molecule is Cc1ccc(S(=O)(=O)O)c([C@@H]2C[C@@H]3C[C@@H]2[C@@H](F)C3)c1. The highest BCUT2D eigenvalue weighted by atomic mass is 32.2. The zero-order valence-corrected chi connectivity index (χ0v) is 11.5. The average Bonchev–Trinajstić information content (AvgIpc) is 2.85. The molecule has 1 aromatic rings. The molecule has 0 saturated heterocycles. The number of rotatable bonds is 2. The zero-order chi connectivity index (χ0) is 13.8. The fourth-order valence-corrected chi connectivity index (χ4v) is 4.56. The smallest absolute Gasteiger partial charge is 0.282 e. The first-order valence-corrected chi connectivity index (χ1v) is 8.02. The number of fused-ring (bicyclic) bond motifs is 2. The van der Waals surface area contributed by atoms with Crippen LogP contribution in [0.2, 0.25) is 0 Å². The van der Waals surface area contributed by atoms with E-state index in [1.807, 2.05) is 6.92 Å². The Hall–Kier alpha value is -0.940. The van der Waals surface area contributed by atoms with Gasteiger partial charge in [0.1, 0.15) is 6.17 Å². The molecule has 2 fully saturated rings. The molecule has 3 rings (SSSR count). The van der Waals surface area contributed by atoms with E-state index in [0.29, 0.717) is 17.9 Å². The van der Waals surface area contributed by atoms with Gasteiger partial charge in [0.2, 0.25) is 0 Å². The van der Waals surface area contributed by atoms with Gasteiger partial charge in [-0.25, -0.2) is 4.39 Å². The minimum absolute atomic E-state index is 0.0529. The largest absolute Gasteiger partial charge is 0.294 e. The normalized spacial score (nSPS) is 33.8. The maximum atomic E-state index is 13.9. The van der Waals surface area contributed by atoms with Gasteiger partial charge in [-0.3, -0.25) is 4.55 Å². The average molecular weight is 284 g/mol. The minimum atomic E-state index is -4.24. The molecule has 2 aliphatic rings. The lowest BCUT2D eigenvalue weighted by Crippen LogP contribution is -2.21. The Balaban J connectivity index is 2.08. The molecule has 19 heavy (non-hydrogen) atoms. The predicted octanol–water partition coefficient (Wildman–Crippen LogP) is 3.09. The van der Waals surface area contributed by atoms with Crippen molar-refractivity contribution in [1.29, 1.82) is 0 Å².